The zero-order valence-electron chi connectivity index (χ0n) is 14.2. The molecule has 2 unspecified atom stereocenters. The van der Waals surface area contributed by atoms with Crippen LogP contribution in [0.4, 0.5) is 11.4 Å². The summed E-state index contributed by atoms with van der Waals surface area (Å²) in [6.45, 7) is 0.205. The molecule has 5 heteroatoms. The number of benzene rings is 2. The van der Waals surface area contributed by atoms with Crippen LogP contribution < -0.4 is 15.4 Å². The number of hydrogen-bond donors (Lipinski definition) is 3. The number of aliphatic hydroxyl groups excluding tert-OH is 1. The van der Waals surface area contributed by atoms with Crippen LogP contribution >= 0.6 is 0 Å². The zero-order valence-corrected chi connectivity index (χ0v) is 14.2. The lowest BCUT2D eigenvalue weighted by Gasteiger charge is -2.28. The molecule has 132 valence electrons. The van der Waals surface area contributed by atoms with Crippen molar-refractivity contribution in [2.24, 2.45) is 0 Å². The quantitative estimate of drug-likeness (QED) is 0.753. The summed E-state index contributed by atoms with van der Waals surface area (Å²) >= 11 is 0. The van der Waals surface area contributed by atoms with Gasteiger partial charge in [0.25, 0.3) is 0 Å². The predicted molar refractivity (Wildman–Crippen MR) is 98.9 cm³/mol. The van der Waals surface area contributed by atoms with Crippen LogP contribution in [0.5, 0.6) is 5.75 Å². The molecule has 1 saturated carbocycles. The molecule has 2 aromatic carbocycles. The fraction of sp³-hybridized carbons (Fsp3) is 0.350. The van der Waals surface area contributed by atoms with Crippen molar-refractivity contribution < 1.29 is 14.6 Å². The molecule has 2 atom stereocenters. The van der Waals surface area contributed by atoms with E-state index in [9.17, 15) is 9.90 Å². The maximum atomic E-state index is 12.0. The van der Waals surface area contributed by atoms with Gasteiger partial charge in [-0.2, -0.15) is 0 Å². The number of anilines is 2. The molecule has 0 heterocycles. The van der Waals surface area contributed by atoms with Crippen molar-refractivity contribution >= 4 is 17.3 Å². The third-order valence-corrected chi connectivity index (χ3v) is 4.32. The largest absolute Gasteiger partial charge is 0.488 e. The van der Waals surface area contributed by atoms with E-state index >= 15 is 0 Å². The Morgan fingerprint density at radius 1 is 1.00 bits per heavy atom. The second-order valence-corrected chi connectivity index (χ2v) is 6.30. The highest BCUT2D eigenvalue weighted by molar-refractivity contribution is 5.93. The summed E-state index contributed by atoms with van der Waals surface area (Å²) in [6, 6.07) is 16.9. The number of carbonyl (C=O) groups excluding carboxylic acids is 1. The van der Waals surface area contributed by atoms with Crippen LogP contribution in [-0.4, -0.2) is 29.8 Å². The molecule has 0 bridgehead atoms. The maximum absolute atomic E-state index is 12.0. The summed E-state index contributed by atoms with van der Waals surface area (Å²) in [7, 11) is 0. The first-order valence-corrected chi connectivity index (χ1v) is 8.74. The summed E-state index contributed by atoms with van der Waals surface area (Å²) in [5, 5.41) is 15.9. The van der Waals surface area contributed by atoms with E-state index < -0.39 is 6.10 Å². The van der Waals surface area contributed by atoms with Gasteiger partial charge in [-0.25, -0.2) is 0 Å². The Balaban J connectivity index is 1.47. The van der Waals surface area contributed by atoms with E-state index in [-0.39, 0.29) is 18.6 Å². The first kappa shape index (κ1) is 17.3. The van der Waals surface area contributed by atoms with Crippen LogP contribution in [0.3, 0.4) is 0 Å². The molecular formula is C20H24N2O3. The van der Waals surface area contributed by atoms with Crippen molar-refractivity contribution in [2.45, 2.75) is 37.9 Å². The Hall–Kier alpha value is -2.53. The average Bonchev–Trinajstić information content (AvgIpc) is 2.64. The van der Waals surface area contributed by atoms with E-state index in [1.165, 1.54) is 0 Å². The summed E-state index contributed by atoms with van der Waals surface area (Å²) in [4.78, 5) is 12.0. The van der Waals surface area contributed by atoms with Gasteiger partial charge in [-0.1, -0.05) is 24.6 Å². The molecule has 1 aliphatic carbocycles. The van der Waals surface area contributed by atoms with Gasteiger partial charge in [0.05, 0.1) is 12.6 Å². The minimum absolute atomic E-state index is 0.111. The summed E-state index contributed by atoms with van der Waals surface area (Å²) < 4.78 is 5.86. The number of para-hydroxylation sites is 1. The molecule has 0 saturated heterocycles. The molecule has 2 aromatic rings. The lowest BCUT2D eigenvalue weighted by atomic mass is 9.95. The van der Waals surface area contributed by atoms with Crippen molar-refractivity contribution in [1.82, 2.24) is 0 Å². The Morgan fingerprint density at radius 2 is 1.72 bits per heavy atom. The highest BCUT2D eigenvalue weighted by atomic mass is 16.5. The zero-order chi connectivity index (χ0) is 17.5. The summed E-state index contributed by atoms with van der Waals surface area (Å²) in [5.74, 6) is 0.603. The van der Waals surface area contributed by atoms with E-state index in [4.69, 9.17) is 4.74 Å². The number of hydrogen-bond acceptors (Lipinski definition) is 4. The average molecular weight is 340 g/mol. The number of nitrogens with one attached hydrogen (secondary N) is 2. The first-order valence-electron chi connectivity index (χ1n) is 8.74. The second kappa shape index (κ2) is 8.53. The first-order chi connectivity index (χ1) is 12.2. The van der Waals surface area contributed by atoms with Crippen molar-refractivity contribution in [3.8, 4) is 5.75 Å². The third kappa shape index (κ3) is 5.22. The molecule has 0 aliphatic heterocycles. The van der Waals surface area contributed by atoms with Crippen molar-refractivity contribution in [3.63, 3.8) is 0 Å². The van der Waals surface area contributed by atoms with Crippen LogP contribution in [-0.2, 0) is 4.79 Å². The van der Waals surface area contributed by atoms with Gasteiger partial charge in [0, 0.05) is 11.4 Å². The van der Waals surface area contributed by atoms with Gasteiger partial charge in [0.15, 0.2) is 0 Å². The van der Waals surface area contributed by atoms with Gasteiger partial charge in [0.1, 0.15) is 11.9 Å². The molecule has 0 aromatic heterocycles. The van der Waals surface area contributed by atoms with Gasteiger partial charge in [-0.05, 0) is 55.7 Å². The lowest BCUT2D eigenvalue weighted by molar-refractivity contribution is -0.114. The Kier molecular flexibility index (Phi) is 5.90. The minimum atomic E-state index is -0.391. The van der Waals surface area contributed by atoms with E-state index in [1.807, 2.05) is 54.6 Å². The van der Waals surface area contributed by atoms with E-state index in [2.05, 4.69) is 10.6 Å². The molecular weight excluding hydrogens is 316 g/mol. The highest BCUT2D eigenvalue weighted by Gasteiger charge is 2.24. The number of amides is 1. The topological polar surface area (TPSA) is 70.6 Å². The maximum Gasteiger partial charge on any atom is 0.243 e. The fourth-order valence-corrected chi connectivity index (χ4v) is 2.95. The third-order valence-electron chi connectivity index (χ3n) is 4.32. The Morgan fingerprint density at radius 3 is 2.44 bits per heavy atom. The Bertz CT molecular complexity index is 673. The van der Waals surface area contributed by atoms with Crippen LogP contribution in [0.25, 0.3) is 0 Å². The molecule has 0 spiro atoms. The molecule has 5 nitrogen and oxygen atoms in total. The normalized spacial score (nSPS) is 19.9. The Labute approximate surface area is 148 Å². The fourth-order valence-electron chi connectivity index (χ4n) is 2.95. The van der Waals surface area contributed by atoms with Crippen LogP contribution in [0, 0.1) is 0 Å². The van der Waals surface area contributed by atoms with Crippen molar-refractivity contribution in [1.29, 1.82) is 0 Å². The monoisotopic (exact) mass is 340 g/mol. The van der Waals surface area contributed by atoms with Crippen molar-refractivity contribution in [2.75, 3.05) is 17.2 Å². The molecule has 0 radical (unpaired) electrons. The molecule has 3 N–H and O–H groups in total. The number of carbonyl (C=O) groups is 1. The number of rotatable bonds is 6. The second-order valence-electron chi connectivity index (χ2n) is 6.30. The molecule has 3 rings (SSSR count). The smallest absolute Gasteiger partial charge is 0.243 e. The molecule has 1 fully saturated rings. The molecule has 1 aliphatic rings. The van der Waals surface area contributed by atoms with Gasteiger partial charge in [-0.15, -0.1) is 0 Å². The molecule has 25 heavy (non-hydrogen) atoms. The van der Waals surface area contributed by atoms with E-state index in [1.54, 1.807) is 0 Å². The van der Waals surface area contributed by atoms with E-state index in [0.717, 1.165) is 37.1 Å². The van der Waals surface area contributed by atoms with Crippen LogP contribution in [0.15, 0.2) is 54.6 Å². The highest BCUT2D eigenvalue weighted by Crippen LogP contribution is 2.24. The summed E-state index contributed by atoms with van der Waals surface area (Å²) in [6.07, 6.45) is 3.30. The van der Waals surface area contributed by atoms with Gasteiger partial charge in [-0.3, -0.25) is 4.79 Å². The molecule has 1 amide bonds. The minimum Gasteiger partial charge on any atom is -0.488 e. The van der Waals surface area contributed by atoms with Crippen LogP contribution in [0.2, 0.25) is 0 Å². The predicted octanol–water partition coefficient (Wildman–Crippen LogP) is 3.42. The van der Waals surface area contributed by atoms with E-state index in [0.29, 0.717) is 5.75 Å². The van der Waals surface area contributed by atoms with Crippen LogP contribution in [0.1, 0.15) is 25.7 Å². The standard InChI is InChI=1S/C20H24N2O3/c23-18-8-4-5-9-19(18)25-17-12-10-16(11-13-17)22-20(24)14-21-15-6-2-1-3-7-15/h1-3,6-7,10-13,18-19,21,23H,4-5,8-9,14H2,(H,22,24). The number of ether oxygens (including phenoxy) is 1. The van der Waals surface area contributed by atoms with Gasteiger partial charge in [0.2, 0.25) is 5.91 Å². The van der Waals surface area contributed by atoms with Gasteiger partial charge >= 0.3 is 0 Å². The number of aliphatic hydroxyl groups is 1. The SMILES string of the molecule is O=C(CNc1ccccc1)Nc1ccc(OC2CCCCC2O)cc1. The lowest BCUT2D eigenvalue weighted by Crippen LogP contribution is -2.34. The van der Waals surface area contributed by atoms with Gasteiger partial charge < -0.3 is 20.5 Å². The summed E-state index contributed by atoms with van der Waals surface area (Å²) in [5.41, 5.74) is 1.63. The van der Waals surface area contributed by atoms with Crippen molar-refractivity contribution in [3.05, 3.63) is 54.6 Å².